The zero-order valence-electron chi connectivity index (χ0n) is 11.1. The van der Waals surface area contributed by atoms with Crippen molar-refractivity contribution in [1.29, 1.82) is 0 Å². The molecule has 2 rings (SSSR count). The number of piperidine rings is 1. The van der Waals surface area contributed by atoms with Crippen LogP contribution < -0.4 is 0 Å². The van der Waals surface area contributed by atoms with Crippen molar-refractivity contribution in [3.8, 4) is 0 Å². The fourth-order valence-electron chi connectivity index (χ4n) is 2.54. The molecule has 0 saturated carbocycles. The summed E-state index contributed by atoms with van der Waals surface area (Å²) in [6, 6.07) is 11.1. The lowest BCUT2D eigenvalue weighted by Gasteiger charge is -2.36. The topological polar surface area (TPSA) is 3.24 Å². The Labute approximate surface area is 110 Å². The molecule has 1 saturated heterocycles. The Hall–Kier alpha value is -1.60. The zero-order valence-corrected chi connectivity index (χ0v) is 11.1. The van der Waals surface area contributed by atoms with Crippen LogP contribution in [0.3, 0.4) is 0 Å². The maximum atomic E-state index is 4.20. The van der Waals surface area contributed by atoms with E-state index in [9.17, 15) is 0 Å². The van der Waals surface area contributed by atoms with Gasteiger partial charge in [0, 0.05) is 12.6 Å². The van der Waals surface area contributed by atoms with Gasteiger partial charge in [-0.25, -0.2) is 0 Å². The Morgan fingerprint density at radius 1 is 1.33 bits per heavy atom. The second kappa shape index (κ2) is 5.83. The standard InChI is InChI=1S/C17H21N/c1-4-8-16-14(2)11-12-18(3)17(16)13-15-9-6-5-7-10-15/h4-10,17H,1-2,11-13H2,3H3/b16-8+. The van der Waals surface area contributed by atoms with Gasteiger partial charge in [0.1, 0.15) is 0 Å². The summed E-state index contributed by atoms with van der Waals surface area (Å²) in [5.41, 5.74) is 3.97. The van der Waals surface area contributed by atoms with Gasteiger partial charge in [-0.3, -0.25) is 4.90 Å². The number of benzene rings is 1. The summed E-state index contributed by atoms with van der Waals surface area (Å²) < 4.78 is 0. The van der Waals surface area contributed by atoms with Gasteiger partial charge in [-0.1, -0.05) is 55.6 Å². The van der Waals surface area contributed by atoms with Crippen molar-refractivity contribution < 1.29 is 0 Å². The maximum absolute atomic E-state index is 4.20. The Balaban J connectivity index is 2.24. The molecule has 0 N–H and O–H groups in total. The van der Waals surface area contributed by atoms with Gasteiger partial charge in [0.15, 0.2) is 0 Å². The quantitative estimate of drug-likeness (QED) is 0.779. The highest BCUT2D eigenvalue weighted by Crippen LogP contribution is 2.28. The Morgan fingerprint density at radius 3 is 2.72 bits per heavy atom. The summed E-state index contributed by atoms with van der Waals surface area (Å²) in [4.78, 5) is 2.41. The van der Waals surface area contributed by atoms with Crippen LogP contribution in [0.5, 0.6) is 0 Å². The average Bonchev–Trinajstić information content (AvgIpc) is 2.39. The molecule has 1 heteroatoms. The summed E-state index contributed by atoms with van der Waals surface area (Å²) in [5.74, 6) is 0. The lowest BCUT2D eigenvalue weighted by atomic mass is 9.87. The summed E-state index contributed by atoms with van der Waals surface area (Å²) >= 11 is 0. The van der Waals surface area contributed by atoms with Gasteiger partial charge < -0.3 is 0 Å². The predicted octanol–water partition coefficient (Wildman–Crippen LogP) is 3.60. The Kier molecular flexibility index (Phi) is 4.16. The minimum atomic E-state index is 0.423. The van der Waals surface area contributed by atoms with Crippen LogP contribution >= 0.6 is 0 Å². The van der Waals surface area contributed by atoms with Crippen molar-refractivity contribution in [2.75, 3.05) is 13.6 Å². The van der Waals surface area contributed by atoms with E-state index in [1.165, 1.54) is 16.7 Å². The lowest BCUT2D eigenvalue weighted by Crippen LogP contribution is -2.40. The first-order valence-electron chi connectivity index (χ1n) is 6.47. The first-order chi connectivity index (χ1) is 8.72. The first-order valence-corrected chi connectivity index (χ1v) is 6.47. The van der Waals surface area contributed by atoms with Gasteiger partial charge in [0.2, 0.25) is 0 Å². The summed E-state index contributed by atoms with van der Waals surface area (Å²) in [6.45, 7) is 9.11. The number of hydrogen-bond acceptors (Lipinski definition) is 1. The van der Waals surface area contributed by atoms with Crippen LogP contribution in [-0.2, 0) is 6.42 Å². The second-order valence-electron chi connectivity index (χ2n) is 4.90. The molecular formula is C17H21N. The van der Waals surface area contributed by atoms with E-state index in [1.54, 1.807) is 0 Å². The first kappa shape index (κ1) is 12.8. The molecule has 1 nitrogen and oxygen atoms in total. The Morgan fingerprint density at radius 2 is 2.06 bits per heavy atom. The molecule has 0 amide bonds. The second-order valence-corrected chi connectivity index (χ2v) is 4.90. The van der Waals surface area contributed by atoms with E-state index in [-0.39, 0.29) is 0 Å². The van der Waals surface area contributed by atoms with Crippen LogP contribution in [0.15, 0.2) is 66.8 Å². The fourth-order valence-corrected chi connectivity index (χ4v) is 2.54. The molecule has 0 radical (unpaired) electrons. The monoisotopic (exact) mass is 239 g/mol. The number of rotatable bonds is 3. The summed E-state index contributed by atoms with van der Waals surface area (Å²) in [5, 5.41) is 0. The van der Waals surface area contributed by atoms with E-state index >= 15 is 0 Å². The normalized spacial score (nSPS) is 23.3. The van der Waals surface area contributed by atoms with Crippen molar-refractivity contribution in [3.05, 3.63) is 72.4 Å². The lowest BCUT2D eigenvalue weighted by molar-refractivity contribution is 0.256. The molecule has 0 aromatic heterocycles. The van der Waals surface area contributed by atoms with Crippen molar-refractivity contribution in [3.63, 3.8) is 0 Å². The third kappa shape index (κ3) is 2.80. The number of nitrogens with zero attached hydrogens (tertiary/aromatic N) is 1. The molecule has 1 aliphatic heterocycles. The van der Waals surface area contributed by atoms with E-state index in [0.29, 0.717) is 6.04 Å². The van der Waals surface area contributed by atoms with Crippen LogP contribution in [0, 0.1) is 0 Å². The van der Waals surface area contributed by atoms with Gasteiger partial charge in [-0.05, 0) is 36.6 Å². The van der Waals surface area contributed by atoms with E-state index in [1.807, 2.05) is 6.08 Å². The van der Waals surface area contributed by atoms with Crippen LogP contribution in [0.25, 0.3) is 0 Å². The molecule has 0 bridgehead atoms. The smallest absolute Gasteiger partial charge is 0.0388 e. The zero-order chi connectivity index (χ0) is 13.0. The molecule has 94 valence electrons. The highest BCUT2D eigenvalue weighted by Gasteiger charge is 2.25. The summed E-state index contributed by atoms with van der Waals surface area (Å²) in [6.07, 6.45) is 6.08. The molecule has 1 aromatic rings. The van der Waals surface area contributed by atoms with Gasteiger partial charge >= 0.3 is 0 Å². The summed E-state index contributed by atoms with van der Waals surface area (Å²) in [7, 11) is 2.19. The number of allylic oxidation sites excluding steroid dienone is 2. The van der Waals surface area contributed by atoms with Crippen molar-refractivity contribution in [2.45, 2.75) is 18.9 Å². The van der Waals surface area contributed by atoms with Crippen LogP contribution in [-0.4, -0.2) is 24.5 Å². The molecule has 1 unspecified atom stereocenters. The molecule has 1 heterocycles. The molecule has 1 atom stereocenters. The maximum Gasteiger partial charge on any atom is 0.0388 e. The Bertz CT molecular complexity index is 456. The van der Waals surface area contributed by atoms with Crippen LogP contribution in [0.2, 0.25) is 0 Å². The van der Waals surface area contributed by atoms with E-state index in [4.69, 9.17) is 0 Å². The average molecular weight is 239 g/mol. The van der Waals surface area contributed by atoms with E-state index in [2.05, 4.69) is 61.5 Å². The molecule has 0 spiro atoms. The van der Waals surface area contributed by atoms with Crippen molar-refractivity contribution >= 4 is 0 Å². The molecule has 1 aliphatic rings. The third-order valence-electron chi connectivity index (χ3n) is 3.63. The molecule has 1 aromatic carbocycles. The van der Waals surface area contributed by atoms with Gasteiger partial charge in [0.25, 0.3) is 0 Å². The molecular weight excluding hydrogens is 218 g/mol. The van der Waals surface area contributed by atoms with Crippen LogP contribution in [0.4, 0.5) is 0 Å². The van der Waals surface area contributed by atoms with Gasteiger partial charge in [-0.2, -0.15) is 0 Å². The van der Waals surface area contributed by atoms with Crippen molar-refractivity contribution in [2.24, 2.45) is 0 Å². The largest absolute Gasteiger partial charge is 0.299 e. The number of hydrogen-bond donors (Lipinski definition) is 0. The van der Waals surface area contributed by atoms with Crippen molar-refractivity contribution in [1.82, 2.24) is 4.90 Å². The molecule has 18 heavy (non-hydrogen) atoms. The molecule has 0 aliphatic carbocycles. The van der Waals surface area contributed by atoms with Gasteiger partial charge in [0.05, 0.1) is 0 Å². The minimum Gasteiger partial charge on any atom is -0.299 e. The predicted molar refractivity (Wildman–Crippen MR) is 78.6 cm³/mol. The third-order valence-corrected chi connectivity index (χ3v) is 3.63. The minimum absolute atomic E-state index is 0.423. The number of likely N-dealkylation sites (N-methyl/N-ethyl adjacent to an activating group) is 1. The van der Waals surface area contributed by atoms with Gasteiger partial charge in [-0.15, -0.1) is 0 Å². The number of likely N-dealkylation sites (tertiary alicyclic amines) is 1. The van der Waals surface area contributed by atoms with Crippen LogP contribution in [0.1, 0.15) is 12.0 Å². The highest BCUT2D eigenvalue weighted by molar-refractivity contribution is 5.39. The van der Waals surface area contributed by atoms with E-state index in [0.717, 1.165) is 19.4 Å². The van der Waals surface area contributed by atoms with E-state index < -0.39 is 0 Å². The SMILES string of the molecule is C=C/C=C1\C(=C)CCN(C)C1Cc1ccccc1. The fraction of sp³-hybridized carbons (Fsp3) is 0.294. The molecule has 1 fully saturated rings. The highest BCUT2D eigenvalue weighted by atomic mass is 15.1.